The molecular formula is C55H38N2. The summed E-state index contributed by atoms with van der Waals surface area (Å²) in [5, 5.41) is 10.1. The maximum atomic E-state index is 2.37. The molecule has 1 heterocycles. The highest BCUT2D eigenvalue weighted by Crippen LogP contribution is 2.46. The number of anilines is 3. The normalized spacial score (nSPS) is 11.6. The summed E-state index contributed by atoms with van der Waals surface area (Å²) in [4.78, 5) is 2.35. The molecule has 11 aromatic rings. The van der Waals surface area contributed by atoms with Crippen molar-refractivity contribution < 1.29 is 0 Å². The molecule has 0 aliphatic rings. The monoisotopic (exact) mass is 726 g/mol. The molecule has 0 aliphatic heterocycles. The molecule has 0 fully saturated rings. The molecule has 2 heteroatoms. The number of rotatable bonds is 6. The number of aryl methyl sites for hydroxylation is 1. The van der Waals surface area contributed by atoms with Gasteiger partial charge in [-0.2, -0.15) is 0 Å². The Balaban J connectivity index is 1.05. The first-order valence-electron chi connectivity index (χ1n) is 19.7. The van der Waals surface area contributed by atoms with Crippen LogP contribution in [-0.2, 0) is 0 Å². The highest BCUT2D eigenvalue weighted by molar-refractivity contribution is 6.23. The van der Waals surface area contributed by atoms with E-state index in [1.807, 2.05) is 0 Å². The van der Waals surface area contributed by atoms with Gasteiger partial charge in [-0.15, -0.1) is 0 Å². The maximum absolute atomic E-state index is 2.37. The minimum absolute atomic E-state index is 1.10. The predicted molar refractivity (Wildman–Crippen MR) is 244 cm³/mol. The molecule has 0 unspecified atom stereocenters. The number of para-hydroxylation sites is 3. The number of benzene rings is 10. The molecule has 0 aliphatic carbocycles. The molecule has 0 saturated heterocycles. The average Bonchev–Trinajstić information content (AvgIpc) is 3.61. The van der Waals surface area contributed by atoms with E-state index in [4.69, 9.17) is 0 Å². The average molecular weight is 727 g/mol. The molecule has 2 nitrogen and oxygen atoms in total. The van der Waals surface area contributed by atoms with Crippen LogP contribution in [0.4, 0.5) is 17.1 Å². The topological polar surface area (TPSA) is 8.17 Å². The summed E-state index contributed by atoms with van der Waals surface area (Å²) in [6.07, 6.45) is 0. The molecule has 0 atom stereocenters. The lowest BCUT2D eigenvalue weighted by Crippen LogP contribution is -2.10. The minimum atomic E-state index is 1.10. The van der Waals surface area contributed by atoms with Crippen LogP contribution in [0.5, 0.6) is 0 Å². The van der Waals surface area contributed by atoms with Gasteiger partial charge < -0.3 is 9.47 Å². The molecular weight excluding hydrogens is 689 g/mol. The van der Waals surface area contributed by atoms with Crippen LogP contribution in [0.15, 0.2) is 212 Å². The van der Waals surface area contributed by atoms with Gasteiger partial charge in [-0.25, -0.2) is 0 Å². The summed E-state index contributed by atoms with van der Waals surface area (Å²) in [5.74, 6) is 0. The Morgan fingerprint density at radius 1 is 0.351 bits per heavy atom. The maximum Gasteiger partial charge on any atom is 0.0541 e. The molecule has 0 spiro atoms. The number of hydrogen-bond acceptors (Lipinski definition) is 1. The number of fused-ring (bicyclic) bond motifs is 6. The van der Waals surface area contributed by atoms with Crippen LogP contribution in [0.2, 0.25) is 0 Å². The van der Waals surface area contributed by atoms with Gasteiger partial charge in [0.05, 0.1) is 11.0 Å². The van der Waals surface area contributed by atoms with Crippen molar-refractivity contribution in [3.63, 3.8) is 0 Å². The quantitative estimate of drug-likeness (QED) is 0.155. The Kier molecular flexibility index (Phi) is 7.75. The minimum Gasteiger partial charge on any atom is -0.311 e. The van der Waals surface area contributed by atoms with E-state index in [0.29, 0.717) is 0 Å². The second-order valence-electron chi connectivity index (χ2n) is 15.0. The number of aromatic nitrogens is 1. The highest BCUT2D eigenvalue weighted by atomic mass is 15.1. The van der Waals surface area contributed by atoms with Gasteiger partial charge in [-0.1, -0.05) is 157 Å². The van der Waals surface area contributed by atoms with E-state index < -0.39 is 0 Å². The Bertz CT molecular complexity index is 3220. The third kappa shape index (κ3) is 5.41. The summed E-state index contributed by atoms with van der Waals surface area (Å²) in [6.45, 7) is 2.20. The van der Waals surface area contributed by atoms with Gasteiger partial charge in [0.1, 0.15) is 0 Å². The molecule has 0 radical (unpaired) electrons. The van der Waals surface area contributed by atoms with Crippen molar-refractivity contribution >= 4 is 71.2 Å². The second-order valence-corrected chi connectivity index (χ2v) is 15.0. The van der Waals surface area contributed by atoms with E-state index in [2.05, 4.69) is 229 Å². The fourth-order valence-electron chi connectivity index (χ4n) is 9.09. The first kappa shape index (κ1) is 33.0. The lowest BCUT2D eigenvalue weighted by molar-refractivity contribution is 1.17. The SMILES string of the molecule is Cc1ccc2c(-c3cccc4ccccc34)c3ccccc3c(-c3ccc(N(c4ccccc4)c4ccc(-n5c6ccccc6c6ccccc65)cc4)cc3)c2c1. The van der Waals surface area contributed by atoms with Crippen LogP contribution in [0.25, 0.3) is 82.1 Å². The first-order valence-corrected chi connectivity index (χ1v) is 19.7. The fraction of sp³-hybridized carbons (Fsp3) is 0.0182. The van der Waals surface area contributed by atoms with Gasteiger partial charge in [0.25, 0.3) is 0 Å². The van der Waals surface area contributed by atoms with Gasteiger partial charge in [0.15, 0.2) is 0 Å². The van der Waals surface area contributed by atoms with Crippen molar-refractivity contribution in [2.24, 2.45) is 0 Å². The van der Waals surface area contributed by atoms with Crippen molar-refractivity contribution in [2.75, 3.05) is 4.90 Å². The van der Waals surface area contributed by atoms with Gasteiger partial charge >= 0.3 is 0 Å². The third-order valence-electron chi connectivity index (χ3n) is 11.6. The van der Waals surface area contributed by atoms with Gasteiger partial charge in [0, 0.05) is 33.5 Å². The first-order chi connectivity index (χ1) is 28.2. The molecule has 0 bridgehead atoms. The molecule has 1 aromatic heterocycles. The molecule has 268 valence electrons. The van der Waals surface area contributed by atoms with Gasteiger partial charge in [0.2, 0.25) is 0 Å². The summed E-state index contributed by atoms with van der Waals surface area (Å²) in [5.41, 5.74) is 13.1. The van der Waals surface area contributed by atoms with Crippen molar-refractivity contribution in [2.45, 2.75) is 6.92 Å². The van der Waals surface area contributed by atoms with Crippen LogP contribution >= 0.6 is 0 Å². The predicted octanol–water partition coefficient (Wildman–Crippen LogP) is 15.4. The van der Waals surface area contributed by atoms with E-state index in [1.165, 1.54) is 81.9 Å². The lowest BCUT2D eigenvalue weighted by atomic mass is 9.84. The van der Waals surface area contributed by atoms with Gasteiger partial charge in [-0.3, -0.25) is 0 Å². The van der Waals surface area contributed by atoms with Crippen molar-refractivity contribution in [3.8, 4) is 27.9 Å². The zero-order chi connectivity index (χ0) is 37.9. The van der Waals surface area contributed by atoms with Crippen LogP contribution in [0.3, 0.4) is 0 Å². The lowest BCUT2D eigenvalue weighted by Gasteiger charge is -2.26. The van der Waals surface area contributed by atoms with E-state index >= 15 is 0 Å². The standard InChI is InChI=1S/C55H38N2/c1-37-26-35-50-51(36-37)54(48-21-7-8-22-49(48)55(50)47-23-13-15-38-14-5-6-18-44(38)47)39-27-29-41(30-28-39)56(40-16-3-2-4-17-40)42-31-33-43(34-32-42)57-52-24-11-9-19-45(52)46-20-10-12-25-53(46)57/h2-36H,1H3. The summed E-state index contributed by atoms with van der Waals surface area (Å²) >= 11 is 0. The number of nitrogens with zero attached hydrogens (tertiary/aromatic N) is 2. The zero-order valence-electron chi connectivity index (χ0n) is 31.6. The van der Waals surface area contributed by atoms with Crippen molar-refractivity contribution in [1.82, 2.24) is 4.57 Å². The molecule has 0 N–H and O–H groups in total. The smallest absolute Gasteiger partial charge is 0.0541 e. The Labute approximate surface area is 332 Å². The van der Waals surface area contributed by atoms with Crippen LogP contribution in [0.1, 0.15) is 5.56 Å². The van der Waals surface area contributed by atoms with E-state index in [0.717, 1.165) is 22.7 Å². The zero-order valence-corrected chi connectivity index (χ0v) is 31.6. The molecule has 0 amide bonds. The highest BCUT2D eigenvalue weighted by Gasteiger charge is 2.20. The fourth-order valence-corrected chi connectivity index (χ4v) is 9.09. The summed E-state index contributed by atoms with van der Waals surface area (Å²) in [6, 6.07) is 77.5. The van der Waals surface area contributed by atoms with Crippen molar-refractivity contribution in [1.29, 1.82) is 0 Å². The second kappa shape index (κ2) is 13.4. The molecule has 11 rings (SSSR count). The summed E-state index contributed by atoms with van der Waals surface area (Å²) in [7, 11) is 0. The van der Waals surface area contributed by atoms with Crippen molar-refractivity contribution in [3.05, 3.63) is 218 Å². The molecule has 57 heavy (non-hydrogen) atoms. The van der Waals surface area contributed by atoms with Crippen LogP contribution in [0, 0.1) is 6.92 Å². The number of hydrogen-bond donors (Lipinski definition) is 0. The summed E-state index contributed by atoms with van der Waals surface area (Å²) < 4.78 is 2.37. The van der Waals surface area contributed by atoms with Gasteiger partial charge in [-0.05, 0) is 122 Å². The molecule has 0 saturated carbocycles. The van der Waals surface area contributed by atoms with E-state index in [9.17, 15) is 0 Å². The Morgan fingerprint density at radius 2 is 0.860 bits per heavy atom. The van der Waals surface area contributed by atoms with Crippen LogP contribution in [-0.4, -0.2) is 4.57 Å². The van der Waals surface area contributed by atoms with E-state index in [1.54, 1.807) is 0 Å². The van der Waals surface area contributed by atoms with Crippen LogP contribution < -0.4 is 4.90 Å². The molecule has 10 aromatic carbocycles. The Hall–Kier alpha value is -7.42. The largest absolute Gasteiger partial charge is 0.311 e. The van der Waals surface area contributed by atoms with E-state index in [-0.39, 0.29) is 0 Å². The Morgan fingerprint density at radius 3 is 1.54 bits per heavy atom. The third-order valence-corrected chi connectivity index (χ3v) is 11.6.